The van der Waals surface area contributed by atoms with Crippen molar-refractivity contribution in [3.8, 4) is 5.75 Å². The van der Waals surface area contributed by atoms with E-state index in [-0.39, 0.29) is 5.41 Å². The predicted molar refractivity (Wildman–Crippen MR) is 64.8 cm³/mol. The highest BCUT2D eigenvalue weighted by Gasteiger charge is 2.34. The standard InChI is InChI=1S/C12H16ClNO3/c1-12(6-15-7-12)8-16-11-3-2-9(5-17-14)4-10(11)13/h2-4H,5-8,14H2,1H3. The van der Waals surface area contributed by atoms with E-state index in [0.717, 1.165) is 18.8 Å². The zero-order chi connectivity index (χ0) is 12.3. The molecule has 1 aromatic carbocycles. The van der Waals surface area contributed by atoms with E-state index >= 15 is 0 Å². The first-order chi connectivity index (χ1) is 8.13. The maximum Gasteiger partial charge on any atom is 0.137 e. The summed E-state index contributed by atoms with van der Waals surface area (Å²) >= 11 is 6.10. The third-order valence-corrected chi connectivity index (χ3v) is 3.02. The minimum absolute atomic E-state index is 0.113. The number of ether oxygens (including phenoxy) is 2. The van der Waals surface area contributed by atoms with Crippen LogP contribution in [0.2, 0.25) is 5.02 Å². The summed E-state index contributed by atoms with van der Waals surface area (Å²) in [5, 5.41) is 0.573. The van der Waals surface area contributed by atoms with Crippen molar-refractivity contribution >= 4 is 11.6 Å². The van der Waals surface area contributed by atoms with Crippen molar-refractivity contribution in [1.82, 2.24) is 0 Å². The molecule has 5 heteroatoms. The molecule has 0 spiro atoms. The molecule has 0 atom stereocenters. The van der Waals surface area contributed by atoms with E-state index in [0.29, 0.717) is 24.0 Å². The molecule has 0 radical (unpaired) electrons. The zero-order valence-electron chi connectivity index (χ0n) is 9.74. The first kappa shape index (κ1) is 12.6. The fourth-order valence-electron chi connectivity index (χ4n) is 1.63. The zero-order valence-corrected chi connectivity index (χ0v) is 10.5. The average molecular weight is 258 g/mol. The molecule has 1 aliphatic rings. The molecule has 1 saturated heterocycles. The second kappa shape index (κ2) is 5.23. The molecule has 0 unspecified atom stereocenters. The second-order valence-electron chi connectivity index (χ2n) is 4.67. The fourth-order valence-corrected chi connectivity index (χ4v) is 1.89. The van der Waals surface area contributed by atoms with Gasteiger partial charge in [-0.3, -0.25) is 4.84 Å². The van der Waals surface area contributed by atoms with Gasteiger partial charge in [0.15, 0.2) is 0 Å². The van der Waals surface area contributed by atoms with Crippen molar-refractivity contribution in [1.29, 1.82) is 0 Å². The lowest BCUT2D eigenvalue weighted by Gasteiger charge is -2.37. The Balaban J connectivity index is 1.96. The molecule has 1 fully saturated rings. The van der Waals surface area contributed by atoms with Gasteiger partial charge in [0.1, 0.15) is 5.75 Å². The normalized spacial score (nSPS) is 17.6. The Labute approximate surface area is 106 Å². The largest absolute Gasteiger partial charge is 0.491 e. The van der Waals surface area contributed by atoms with Crippen LogP contribution in [0.1, 0.15) is 12.5 Å². The molecule has 0 aliphatic carbocycles. The van der Waals surface area contributed by atoms with E-state index in [2.05, 4.69) is 11.8 Å². The number of benzene rings is 1. The molecular formula is C12H16ClNO3. The van der Waals surface area contributed by atoms with Gasteiger partial charge in [-0.05, 0) is 17.7 Å². The van der Waals surface area contributed by atoms with Crippen LogP contribution in [0.4, 0.5) is 0 Å². The second-order valence-corrected chi connectivity index (χ2v) is 5.08. The molecule has 0 aromatic heterocycles. The highest BCUT2D eigenvalue weighted by molar-refractivity contribution is 6.32. The monoisotopic (exact) mass is 257 g/mol. The minimum atomic E-state index is 0.113. The third-order valence-electron chi connectivity index (χ3n) is 2.72. The van der Waals surface area contributed by atoms with Gasteiger partial charge in [0.25, 0.3) is 0 Å². The predicted octanol–water partition coefficient (Wildman–Crippen LogP) is 2.15. The van der Waals surface area contributed by atoms with Crippen molar-refractivity contribution in [2.45, 2.75) is 13.5 Å². The lowest BCUT2D eigenvalue weighted by molar-refractivity contribution is -0.120. The van der Waals surface area contributed by atoms with Crippen LogP contribution in [0.3, 0.4) is 0 Å². The van der Waals surface area contributed by atoms with Gasteiger partial charge in [0, 0.05) is 5.41 Å². The first-order valence-corrected chi connectivity index (χ1v) is 5.81. The lowest BCUT2D eigenvalue weighted by Crippen LogP contribution is -2.44. The van der Waals surface area contributed by atoms with Crippen LogP contribution in [-0.4, -0.2) is 19.8 Å². The summed E-state index contributed by atoms with van der Waals surface area (Å²) in [6.45, 7) is 4.56. The summed E-state index contributed by atoms with van der Waals surface area (Å²) in [7, 11) is 0. The SMILES string of the molecule is CC1(COc2ccc(CON)cc2Cl)COC1. The highest BCUT2D eigenvalue weighted by Crippen LogP contribution is 2.31. The highest BCUT2D eigenvalue weighted by atomic mass is 35.5. The van der Waals surface area contributed by atoms with Crippen molar-refractivity contribution in [3.63, 3.8) is 0 Å². The Hall–Kier alpha value is -0.810. The Morgan fingerprint density at radius 1 is 1.47 bits per heavy atom. The van der Waals surface area contributed by atoms with Gasteiger partial charge >= 0.3 is 0 Å². The van der Waals surface area contributed by atoms with Crippen LogP contribution in [-0.2, 0) is 16.2 Å². The first-order valence-electron chi connectivity index (χ1n) is 5.44. The minimum Gasteiger partial charge on any atom is -0.491 e. The molecule has 0 amide bonds. The molecule has 1 heterocycles. The van der Waals surface area contributed by atoms with E-state index in [1.165, 1.54) is 0 Å². The molecule has 94 valence electrons. The maximum atomic E-state index is 6.10. The average Bonchev–Trinajstić information content (AvgIpc) is 2.26. The molecule has 1 aromatic rings. The van der Waals surface area contributed by atoms with Crippen molar-refractivity contribution in [3.05, 3.63) is 28.8 Å². The van der Waals surface area contributed by atoms with Crippen LogP contribution >= 0.6 is 11.6 Å². The molecule has 0 saturated carbocycles. The molecular weight excluding hydrogens is 242 g/mol. The van der Waals surface area contributed by atoms with Crippen LogP contribution in [0.15, 0.2) is 18.2 Å². The van der Waals surface area contributed by atoms with E-state index in [1.807, 2.05) is 12.1 Å². The lowest BCUT2D eigenvalue weighted by atomic mass is 9.90. The van der Waals surface area contributed by atoms with Crippen LogP contribution < -0.4 is 10.6 Å². The summed E-state index contributed by atoms with van der Waals surface area (Å²) < 4.78 is 10.9. The summed E-state index contributed by atoms with van der Waals surface area (Å²) in [5.41, 5.74) is 1.03. The Bertz CT molecular complexity index is 393. The van der Waals surface area contributed by atoms with E-state index in [1.54, 1.807) is 6.07 Å². The number of halogens is 1. The quantitative estimate of drug-likeness (QED) is 0.822. The van der Waals surface area contributed by atoms with E-state index in [4.69, 9.17) is 27.0 Å². The van der Waals surface area contributed by atoms with Gasteiger partial charge < -0.3 is 9.47 Å². The molecule has 0 bridgehead atoms. The van der Waals surface area contributed by atoms with Crippen LogP contribution in [0, 0.1) is 5.41 Å². The smallest absolute Gasteiger partial charge is 0.137 e. The van der Waals surface area contributed by atoms with Gasteiger partial charge in [-0.1, -0.05) is 24.6 Å². The maximum absolute atomic E-state index is 6.10. The Morgan fingerprint density at radius 2 is 2.24 bits per heavy atom. The van der Waals surface area contributed by atoms with Crippen molar-refractivity contribution in [2.75, 3.05) is 19.8 Å². The summed E-state index contributed by atoms with van der Waals surface area (Å²) in [5.74, 6) is 5.68. The van der Waals surface area contributed by atoms with Gasteiger partial charge in [-0.2, -0.15) is 0 Å². The number of rotatable bonds is 5. The molecule has 2 rings (SSSR count). The molecule has 4 nitrogen and oxygen atoms in total. The molecule has 17 heavy (non-hydrogen) atoms. The number of nitrogens with two attached hydrogens (primary N) is 1. The fraction of sp³-hybridized carbons (Fsp3) is 0.500. The van der Waals surface area contributed by atoms with E-state index in [9.17, 15) is 0 Å². The molecule has 2 N–H and O–H groups in total. The topological polar surface area (TPSA) is 53.7 Å². The van der Waals surface area contributed by atoms with Crippen molar-refractivity contribution in [2.24, 2.45) is 11.3 Å². The van der Waals surface area contributed by atoms with Gasteiger partial charge in [0.2, 0.25) is 0 Å². The Kier molecular flexibility index (Phi) is 3.89. The van der Waals surface area contributed by atoms with Gasteiger partial charge in [0.05, 0.1) is 31.5 Å². The summed E-state index contributed by atoms with van der Waals surface area (Å²) in [6.07, 6.45) is 0. The molecule has 1 aliphatic heterocycles. The Morgan fingerprint density at radius 3 is 2.76 bits per heavy atom. The van der Waals surface area contributed by atoms with Crippen molar-refractivity contribution < 1.29 is 14.3 Å². The van der Waals surface area contributed by atoms with E-state index < -0.39 is 0 Å². The van der Waals surface area contributed by atoms with Crippen LogP contribution in [0.25, 0.3) is 0 Å². The summed E-state index contributed by atoms with van der Waals surface area (Å²) in [6, 6.07) is 5.51. The van der Waals surface area contributed by atoms with Gasteiger partial charge in [-0.25, -0.2) is 5.90 Å². The number of hydrogen-bond acceptors (Lipinski definition) is 4. The third kappa shape index (κ3) is 3.10. The van der Waals surface area contributed by atoms with Gasteiger partial charge in [-0.15, -0.1) is 0 Å². The van der Waals surface area contributed by atoms with Crippen LogP contribution in [0.5, 0.6) is 5.75 Å². The summed E-state index contributed by atoms with van der Waals surface area (Å²) in [4.78, 5) is 4.55. The number of hydrogen-bond donors (Lipinski definition) is 1.